The van der Waals surface area contributed by atoms with Crippen molar-refractivity contribution in [3.05, 3.63) is 53.2 Å². The summed E-state index contributed by atoms with van der Waals surface area (Å²) in [6.45, 7) is 0. The van der Waals surface area contributed by atoms with Crippen LogP contribution in [-0.4, -0.2) is 21.6 Å². The molecular weight excluding hydrogens is 244 g/mol. The van der Waals surface area contributed by atoms with E-state index in [-0.39, 0.29) is 6.04 Å². The minimum absolute atomic E-state index is 0.0425. The van der Waals surface area contributed by atoms with Crippen LogP contribution in [0.2, 0.25) is 0 Å². The van der Waals surface area contributed by atoms with Gasteiger partial charge in [-0.05, 0) is 36.3 Å². The second kappa shape index (κ2) is 4.80. The Balaban J connectivity index is 2.07. The molecule has 2 aromatic heterocycles. The summed E-state index contributed by atoms with van der Waals surface area (Å²) in [5.41, 5.74) is 3.04. The smallest absolute Gasteiger partial charge is 0.0970 e. The number of para-hydroxylation sites is 1. The third-order valence-electron chi connectivity index (χ3n) is 2.91. The summed E-state index contributed by atoms with van der Waals surface area (Å²) in [5.74, 6) is 0. The zero-order valence-electron chi connectivity index (χ0n) is 9.87. The molecule has 1 N–H and O–H groups in total. The van der Waals surface area contributed by atoms with Crippen LogP contribution in [0, 0.1) is 0 Å². The lowest BCUT2D eigenvalue weighted by molar-refractivity contribution is 0.666. The largest absolute Gasteiger partial charge is 0.308 e. The number of aromatic nitrogens is 3. The Morgan fingerprint density at radius 1 is 1.28 bits per heavy atom. The number of pyridine rings is 1. The molecule has 3 rings (SSSR count). The molecule has 1 aromatic carbocycles. The molecule has 18 heavy (non-hydrogen) atoms. The van der Waals surface area contributed by atoms with Crippen LogP contribution >= 0.6 is 11.5 Å². The second-order valence-electron chi connectivity index (χ2n) is 4.01. The fourth-order valence-corrected chi connectivity index (χ4v) is 2.51. The fourth-order valence-electron chi connectivity index (χ4n) is 2.03. The third kappa shape index (κ3) is 1.98. The van der Waals surface area contributed by atoms with Crippen molar-refractivity contribution in [2.45, 2.75) is 6.04 Å². The highest BCUT2D eigenvalue weighted by molar-refractivity contribution is 7.03. The summed E-state index contributed by atoms with van der Waals surface area (Å²) in [6.07, 6.45) is 1.89. The molecule has 0 aliphatic rings. The number of fused-ring (bicyclic) bond motifs is 1. The SMILES string of the molecule is CNC(c1cnc2ccccc2c1)c1csnn1. The van der Waals surface area contributed by atoms with Gasteiger partial charge in [0.25, 0.3) is 0 Å². The predicted molar refractivity (Wildman–Crippen MR) is 72.6 cm³/mol. The van der Waals surface area contributed by atoms with E-state index in [9.17, 15) is 0 Å². The van der Waals surface area contributed by atoms with Crippen molar-refractivity contribution in [3.63, 3.8) is 0 Å². The van der Waals surface area contributed by atoms with Crippen LogP contribution in [-0.2, 0) is 0 Å². The van der Waals surface area contributed by atoms with E-state index in [1.165, 1.54) is 11.5 Å². The van der Waals surface area contributed by atoms with E-state index in [1.54, 1.807) is 0 Å². The summed E-state index contributed by atoms with van der Waals surface area (Å²) < 4.78 is 3.91. The quantitative estimate of drug-likeness (QED) is 0.781. The number of hydrogen-bond donors (Lipinski definition) is 1. The topological polar surface area (TPSA) is 50.7 Å². The van der Waals surface area contributed by atoms with E-state index in [2.05, 4.69) is 32.0 Å². The van der Waals surface area contributed by atoms with Gasteiger partial charge >= 0.3 is 0 Å². The van der Waals surface area contributed by atoms with Crippen LogP contribution in [0.1, 0.15) is 17.3 Å². The van der Waals surface area contributed by atoms with Gasteiger partial charge in [0, 0.05) is 17.0 Å². The van der Waals surface area contributed by atoms with Gasteiger partial charge in [0.2, 0.25) is 0 Å². The molecule has 0 radical (unpaired) electrons. The first-order chi connectivity index (χ1) is 8.88. The molecule has 90 valence electrons. The first kappa shape index (κ1) is 11.3. The van der Waals surface area contributed by atoms with Crippen molar-refractivity contribution < 1.29 is 0 Å². The van der Waals surface area contributed by atoms with Crippen molar-refractivity contribution in [1.82, 2.24) is 19.9 Å². The van der Waals surface area contributed by atoms with Crippen molar-refractivity contribution >= 4 is 22.4 Å². The molecule has 0 fully saturated rings. The molecule has 3 aromatic rings. The minimum atomic E-state index is 0.0425. The Morgan fingerprint density at radius 3 is 2.94 bits per heavy atom. The number of nitrogens with one attached hydrogen (secondary N) is 1. The number of rotatable bonds is 3. The summed E-state index contributed by atoms with van der Waals surface area (Å²) in [6, 6.07) is 10.3. The Morgan fingerprint density at radius 2 is 2.17 bits per heavy atom. The standard InChI is InChI=1S/C13H12N4S/c1-14-13(12-8-18-17-16-12)10-6-9-4-2-3-5-11(9)15-7-10/h2-8,13-14H,1H3. The molecule has 0 bridgehead atoms. The minimum Gasteiger partial charge on any atom is -0.308 e. The van der Waals surface area contributed by atoms with Gasteiger partial charge in [-0.1, -0.05) is 22.7 Å². The Hall–Kier alpha value is -1.85. The maximum absolute atomic E-state index is 4.48. The number of nitrogens with zero attached hydrogens (tertiary/aromatic N) is 3. The Labute approximate surface area is 109 Å². The van der Waals surface area contributed by atoms with Gasteiger partial charge in [0.15, 0.2) is 0 Å². The van der Waals surface area contributed by atoms with E-state index in [0.717, 1.165) is 22.2 Å². The lowest BCUT2D eigenvalue weighted by atomic mass is 10.0. The monoisotopic (exact) mass is 256 g/mol. The molecule has 0 aliphatic heterocycles. The normalized spacial score (nSPS) is 12.7. The third-order valence-corrected chi connectivity index (χ3v) is 3.43. The van der Waals surface area contributed by atoms with Crippen molar-refractivity contribution in [1.29, 1.82) is 0 Å². The average molecular weight is 256 g/mol. The molecule has 2 heterocycles. The molecule has 4 nitrogen and oxygen atoms in total. The second-order valence-corrected chi connectivity index (χ2v) is 4.62. The van der Waals surface area contributed by atoms with Gasteiger partial charge < -0.3 is 5.32 Å². The Kier molecular flexibility index (Phi) is 3.00. The summed E-state index contributed by atoms with van der Waals surface area (Å²) in [5, 5.41) is 10.5. The lowest BCUT2D eigenvalue weighted by Crippen LogP contribution is -2.18. The van der Waals surface area contributed by atoms with Crippen molar-refractivity contribution in [3.8, 4) is 0 Å². The van der Waals surface area contributed by atoms with Crippen LogP contribution in [0.3, 0.4) is 0 Å². The highest BCUT2D eigenvalue weighted by Gasteiger charge is 2.15. The van der Waals surface area contributed by atoms with Gasteiger partial charge in [-0.2, -0.15) is 0 Å². The zero-order chi connectivity index (χ0) is 12.4. The van der Waals surface area contributed by atoms with Crippen molar-refractivity contribution in [2.75, 3.05) is 7.05 Å². The molecule has 1 atom stereocenters. The van der Waals surface area contributed by atoms with Crippen LogP contribution in [0.25, 0.3) is 10.9 Å². The highest BCUT2D eigenvalue weighted by Crippen LogP contribution is 2.23. The number of hydrogen-bond acceptors (Lipinski definition) is 5. The van der Waals surface area contributed by atoms with Crippen LogP contribution in [0.5, 0.6) is 0 Å². The van der Waals surface area contributed by atoms with Gasteiger partial charge in [-0.3, -0.25) is 4.98 Å². The first-order valence-electron chi connectivity index (χ1n) is 5.67. The van der Waals surface area contributed by atoms with E-state index >= 15 is 0 Å². The van der Waals surface area contributed by atoms with E-state index in [1.807, 2.05) is 36.8 Å². The highest BCUT2D eigenvalue weighted by atomic mass is 32.1. The van der Waals surface area contributed by atoms with E-state index < -0.39 is 0 Å². The first-order valence-corrected chi connectivity index (χ1v) is 6.51. The van der Waals surface area contributed by atoms with Crippen LogP contribution < -0.4 is 5.32 Å². The molecule has 0 aliphatic carbocycles. The zero-order valence-corrected chi connectivity index (χ0v) is 10.7. The van der Waals surface area contributed by atoms with Gasteiger partial charge in [0.1, 0.15) is 0 Å². The molecule has 1 unspecified atom stereocenters. The van der Waals surface area contributed by atoms with Gasteiger partial charge in [-0.15, -0.1) is 5.10 Å². The molecule has 0 spiro atoms. The van der Waals surface area contributed by atoms with Crippen LogP contribution in [0.15, 0.2) is 41.9 Å². The molecule has 0 saturated carbocycles. The maximum Gasteiger partial charge on any atom is 0.0970 e. The van der Waals surface area contributed by atoms with Crippen LogP contribution in [0.4, 0.5) is 0 Å². The average Bonchev–Trinajstić information content (AvgIpc) is 2.93. The van der Waals surface area contributed by atoms with E-state index in [4.69, 9.17) is 0 Å². The summed E-state index contributed by atoms with van der Waals surface area (Å²) in [4.78, 5) is 4.48. The predicted octanol–water partition coefficient (Wildman–Crippen LogP) is 2.40. The van der Waals surface area contributed by atoms with Gasteiger partial charge in [-0.25, -0.2) is 0 Å². The lowest BCUT2D eigenvalue weighted by Gasteiger charge is -2.13. The van der Waals surface area contributed by atoms with E-state index in [0.29, 0.717) is 0 Å². The maximum atomic E-state index is 4.48. The fraction of sp³-hybridized carbons (Fsp3) is 0.154. The van der Waals surface area contributed by atoms with Gasteiger partial charge in [0.05, 0.1) is 17.3 Å². The van der Waals surface area contributed by atoms with Crippen molar-refractivity contribution in [2.24, 2.45) is 0 Å². The summed E-state index contributed by atoms with van der Waals surface area (Å²) in [7, 11) is 1.92. The molecule has 0 saturated heterocycles. The molecule has 5 heteroatoms. The molecule has 0 amide bonds. The molecular formula is C13H12N4S. The Bertz CT molecular complexity index is 651. The number of benzene rings is 1. The summed E-state index contributed by atoms with van der Waals surface area (Å²) >= 11 is 1.36.